The quantitative estimate of drug-likeness (QED) is 0.882. The summed E-state index contributed by atoms with van der Waals surface area (Å²) in [6, 6.07) is 8.46. The van der Waals surface area contributed by atoms with Gasteiger partial charge in [0.05, 0.1) is 12.1 Å². The summed E-state index contributed by atoms with van der Waals surface area (Å²) in [5.41, 5.74) is 7.10. The van der Waals surface area contributed by atoms with Crippen LogP contribution in [-0.2, 0) is 13.1 Å². The van der Waals surface area contributed by atoms with E-state index in [-0.39, 0.29) is 24.3 Å². The van der Waals surface area contributed by atoms with Gasteiger partial charge in [0.15, 0.2) is 0 Å². The Morgan fingerprint density at radius 3 is 2.62 bits per heavy atom. The average molecular weight is 331 g/mol. The minimum Gasteiger partial charge on any atom is -0.467 e. The maximum absolute atomic E-state index is 12.9. The van der Waals surface area contributed by atoms with Gasteiger partial charge in [0, 0.05) is 25.7 Å². The Labute approximate surface area is 140 Å². The number of amides is 1. The van der Waals surface area contributed by atoms with Gasteiger partial charge in [-0.2, -0.15) is 0 Å². The minimum atomic E-state index is -0.211. The van der Waals surface area contributed by atoms with Crippen molar-refractivity contribution < 1.29 is 13.6 Å². The summed E-state index contributed by atoms with van der Waals surface area (Å²) in [6.45, 7) is 2.90. The number of nitrogens with zero attached hydrogens (tertiary/aromatic N) is 1. The van der Waals surface area contributed by atoms with Crippen LogP contribution >= 0.6 is 0 Å². The molecule has 1 amide bonds. The van der Waals surface area contributed by atoms with Gasteiger partial charge < -0.3 is 15.5 Å². The Bertz CT molecular complexity index is 676. The largest absolute Gasteiger partial charge is 0.467 e. The van der Waals surface area contributed by atoms with E-state index in [1.807, 2.05) is 12.1 Å². The van der Waals surface area contributed by atoms with E-state index in [2.05, 4.69) is 10.2 Å². The Balaban J connectivity index is 1.46. The van der Waals surface area contributed by atoms with Crippen molar-refractivity contribution in [2.75, 3.05) is 13.1 Å². The van der Waals surface area contributed by atoms with Gasteiger partial charge in [-0.25, -0.2) is 4.39 Å². The number of halogens is 1. The zero-order chi connectivity index (χ0) is 16.9. The predicted octanol–water partition coefficient (Wildman–Crippen LogP) is 2.27. The monoisotopic (exact) mass is 331 g/mol. The van der Waals surface area contributed by atoms with E-state index in [1.54, 1.807) is 6.07 Å². The molecule has 5 nitrogen and oxygen atoms in total. The van der Waals surface area contributed by atoms with Crippen molar-refractivity contribution in [3.8, 4) is 0 Å². The Hall–Kier alpha value is -2.18. The SMILES string of the molecule is NCc1cc(C(=O)NC2CCN(Cc3ccc(F)cc3)CC2)co1. The van der Waals surface area contributed by atoms with Crippen LogP contribution < -0.4 is 11.1 Å². The average Bonchev–Trinajstić information content (AvgIpc) is 3.08. The van der Waals surface area contributed by atoms with E-state index in [0.717, 1.165) is 38.0 Å². The van der Waals surface area contributed by atoms with Crippen LogP contribution in [0.5, 0.6) is 0 Å². The number of likely N-dealkylation sites (tertiary alicyclic amines) is 1. The Morgan fingerprint density at radius 2 is 2.00 bits per heavy atom. The number of piperidine rings is 1. The lowest BCUT2D eigenvalue weighted by Crippen LogP contribution is -2.44. The molecule has 1 saturated heterocycles. The van der Waals surface area contributed by atoms with Crippen LogP contribution in [0.3, 0.4) is 0 Å². The molecule has 1 aromatic carbocycles. The molecular weight excluding hydrogens is 309 g/mol. The van der Waals surface area contributed by atoms with Crippen molar-refractivity contribution in [1.29, 1.82) is 0 Å². The molecule has 1 fully saturated rings. The molecule has 0 aliphatic carbocycles. The van der Waals surface area contributed by atoms with Crippen LogP contribution in [0.4, 0.5) is 4.39 Å². The zero-order valence-electron chi connectivity index (χ0n) is 13.5. The van der Waals surface area contributed by atoms with Crippen LogP contribution in [0.15, 0.2) is 41.0 Å². The Morgan fingerprint density at radius 1 is 1.29 bits per heavy atom. The number of benzene rings is 1. The molecule has 24 heavy (non-hydrogen) atoms. The van der Waals surface area contributed by atoms with Gasteiger partial charge in [0.1, 0.15) is 17.8 Å². The number of furan rings is 1. The first-order chi connectivity index (χ1) is 11.6. The van der Waals surface area contributed by atoms with Crippen molar-refractivity contribution in [1.82, 2.24) is 10.2 Å². The molecule has 1 aliphatic rings. The first-order valence-electron chi connectivity index (χ1n) is 8.19. The van der Waals surface area contributed by atoms with Crippen molar-refractivity contribution >= 4 is 5.91 Å². The van der Waals surface area contributed by atoms with Gasteiger partial charge in [-0.1, -0.05) is 12.1 Å². The highest BCUT2D eigenvalue weighted by molar-refractivity contribution is 5.94. The van der Waals surface area contributed by atoms with Gasteiger partial charge >= 0.3 is 0 Å². The lowest BCUT2D eigenvalue weighted by atomic mass is 10.0. The van der Waals surface area contributed by atoms with E-state index < -0.39 is 0 Å². The van der Waals surface area contributed by atoms with Crippen molar-refractivity contribution in [2.24, 2.45) is 5.73 Å². The number of carbonyl (C=O) groups excluding carboxylic acids is 1. The molecular formula is C18H22FN3O2. The number of hydrogen-bond donors (Lipinski definition) is 2. The lowest BCUT2D eigenvalue weighted by molar-refractivity contribution is 0.0908. The molecule has 0 unspecified atom stereocenters. The molecule has 1 aliphatic heterocycles. The third-order valence-electron chi connectivity index (χ3n) is 4.36. The van der Waals surface area contributed by atoms with Crippen molar-refractivity contribution in [3.63, 3.8) is 0 Å². The second-order valence-corrected chi connectivity index (χ2v) is 6.16. The second-order valence-electron chi connectivity index (χ2n) is 6.16. The molecule has 0 spiro atoms. The van der Waals surface area contributed by atoms with Crippen molar-refractivity contribution in [2.45, 2.75) is 32.0 Å². The number of carbonyl (C=O) groups is 1. The summed E-state index contributed by atoms with van der Waals surface area (Å²) >= 11 is 0. The smallest absolute Gasteiger partial charge is 0.254 e. The van der Waals surface area contributed by atoms with Crippen molar-refractivity contribution in [3.05, 3.63) is 59.3 Å². The zero-order valence-corrected chi connectivity index (χ0v) is 13.5. The van der Waals surface area contributed by atoms with E-state index in [0.29, 0.717) is 11.3 Å². The number of rotatable bonds is 5. The summed E-state index contributed by atoms with van der Waals surface area (Å²) in [5.74, 6) is 0.280. The van der Waals surface area contributed by atoms with Crippen LogP contribution in [-0.4, -0.2) is 29.9 Å². The maximum Gasteiger partial charge on any atom is 0.254 e. The van der Waals surface area contributed by atoms with Gasteiger partial charge in [-0.05, 0) is 36.6 Å². The third kappa shape index (κ3) is 4.21. The van der Waals surface area contributed by atoms with Crippen LogP contribution in [0, 0.1) is 5.82 Å². The molecule has 3 rings (SSSR count). The number of nitrogens with one attached hydrogen (secondary N) is 1. The summed E-state index contributed by atoms with van der Waals surface area (Å²) in [7, 11) is 0. The highest BCUT2D eigenvalue weighted by Crippen LogP contribution is 2.15. The van der Waals surface area contributed by atoms with Gasteiger partial charge in [0.2, 0.25) is 0 Å². The topological polar surface area (TPSA) is 71.5 Å². The van der Waals surface area contributed by atoms with E-state index in [1.165, 1.54) is 18.4 Å². The molecule has 2 aromatic rings. The van der Waals surface area contributed by atoms with E-state index in [4.69, 9.17) is 10.2 Å². The second kappa shape index (κ2) is 7.59. The highest BCUT2D eigenvalue weighted by atomic mass is 19.1. The summed E-state index contributed by atoms with van der Waals surface area (Å²) in [5, 5.41) is 3.05. The van der Waals surface area contributed by atoms with E-state index >= 15 is 0 Å². The highest BCUT2D eigenvalue weighted by Gasteiger charge is 2.21. The lowest BCUT2D eigenvalue weighted by Gasteiger charge is -2.32. The van der Waals surface area contributed by atoms with Crippen LogP contribution in [0.25, 0.3) is 0 Å². The molecule has 0 saturated carbocycles. The van der Waals surface area contributed by atoms with E-state index in [9.17, 15) is 9.18 Å². The fraction of sp³-hybridized carbons (Fsp3) is 0.389. The van der Waals surface area contributed by atoms with Crippen LogP contribution in [0.2, 0.25) is 0 Å². The fourth-order valence-electron chi connectivity index (χ4n) is 2.96. The molecule has 0 atom stereocenters. The first kappa shape index (κ1) is 16.7. The molecule has 0 radical (unpaired) electrons. The fourth-order valence-corrected chi connectivity index (χ4v) is 2.96. The van der Waals surface area contributed by atoms with Gasteiger partial charge in [-0.3, -0.25) is 9.69 Å². The summed E-state index contributed by atoms with van der Waals surface area (Å²) < 4.78 is 18.1. The summed E-state index contributed by atoms with van der Waals surface area (Å²) in [6.07, 6.45) is 3.24. The molecule has 0 bridgehead atoms. The molecule has 3 N–H and O–H groups in total. The molecule has 6 heteroatoms. The molecule has 1 aromatic heterocycles. The summed E-state index contributed by atoms with van der Waals surface area (Å²) in [4.78, 5) is 14.5. The van der Waals surface area contributed by atoms with Gasteiger partial charge in [0.25, 0.3) is 5.91 Å². The Kier molecular flexibility index (Phi) is 5.27. The first-order valence-corrected chi connectivity index (χ1v) is 8.19. The minimum absolute atomic E-state index is 0.115. The molecule has 128 valence electrons. The predicted molar refractivity (Wildman–Crippen MR) is 88.8 cm³/mol. The molecule has 2 heterocycles. The van der Waals surface area contributed by atoms with Crippen LogP contribution in [0.1, 0.15) is 34.5 Å². The normalized spacial score (nSPS) is 16.2. The number of nitrogens with two attached hydrogens (primary N) is 1. The third-order valence-corrected chi connectivity index (χ3v) is 4.36. The maximum atomic E-state index is 12.9. The number of hydrogen-bond acceptors (Lipinski definition) is 4. The van der Waals surface area contributed by atoms with Gasteiger partial charge in [-0.15, -0.1) is 0 Å². The standard InChI is InChI=1S/C18H22FN3O2/c19-15-3-1-13(2-4-15)11-22-7-5-16(6-8-22)21-18(23)14-9-17(10-20)24-12-14/h1-4,9,12,16H,5-8,10-11,20H2,(H,21,23).